The molecule has 0 bridgehead atoms. The van der Waals surface area contributed by atoms with Gasteiger partial charge in [-0.05, 0) is 30.2 Å². The van der Waals surface area contributed by atoms with Gasteiger partial charge in [-0.15, -0.1) is 0 Å². The maximum absolute atomic E-state index is 10.8. The number of methoxy groups -OCH3 is 1. The van der Waals surface area contributed by atoms with Gasteiger partial charge in [0.2, 0.25) is 0 Å². The molecule has 2 aromatic rings. The molecule has 0 fully saturated rings. The Morgan fingerprint density at radius 1 is 1.12 bits per heavy atom. The Hall–Kier alpha value is -2.53. The van der Waals surface area contributed by atoms with Gasteiger partial charge in [0.15, 0.2) is 11.5 Å². The second-order valence-electron chi connectivity index (χ2n) is 5.51. The highest BCUT2D eigenvalue weighted by Gasteiger charge is 2.11. The summed E-state index contributed by atoms with van der Waals surface area (Å²) in [6.45, 7) is 2.63. The van der Waals surface area contributed by atoms with Crippen molar-refractivity contribution in [2.45, 2.75) is 25.9 Å². The molecule has 0 aliphatic heterocycles. The summed E-state index contributed by atoms with van der Waals surface area (Å²) in [5, 5.41) is 11.8. The lowest BCUT2D eigenvalue weighted by Gasteiger charge is -2.14. The van der Waals surface area contributed by atoms with E-state index >= 15 is 0 Å². The highest BCUT2D eigenvalue weighted by atomic mass is 16.5. The van der Waals surface area contributed by atoms with E-state index in [1.54, 1.807) is 14.0 Å². The van der Waals surface area contributed by atoms with Gasteiger partial charge in [0.25, 0.3) is 0 Å². The molecule has 5 nitrogen and oxygen atoms in total. The third-order valence-corrected chi connectivity index (χ3v) is 3.70. The molecular weight excluding hydrogens is 306 g/mol. The number of aliphatic carboxylic acids is 1. The molecule has 0 aliphatic rings. The molecule has 1 unspecified atom stereocenters. The van der Waals surface area contributed by atoms with Crippen molar-refractivity contribution < 1.29 is 19.4 Å². The zero-order chi connectivity index (χ0) is 17.4. The number of nitrogens with one attached hydrogen (secondary N) is 1. The number of rotatable bonds is 9. The van der Waals surface area contributed by atoms with Crippen LogP contribution in [-0.4, -0.2) is 30.8 Å². The zero-order valence-corrected chi connectivity index (χ0v) is 14.0. The maximum atomic E-state index is 10.8. The molecule has 128 valence electrons. The third kappa shape index (κ3) is 5.28. The Labute approximate surface area is 142 Å². The summed E-state index contributed by atoms with van der Waals surface area (Å²) in [7, 11) is 1.59. The molecule has 2 N–H and O–H groups in total. The van der Waals surface area contributed by atoms with Crippen LogP contribution in [0, 0.1) is 0 Å². The highest BCUT2D eigenvalue weighted by Crippen LogP contribution is 2.28. The van der Waals surface area contributed by atoms with Crippen LogP contribution in [0.4, 0.5) is 0 Å². The molecule has 0 heterocycles. The molecule has 24 heavy (non-hydrogen) atoms. The van der Waals surface area contributed by atoms with Crippen LogP contribution in [0.5, 0.6) is 11.5 Å². The van der Waals surface area contributed by atoms with Crippen molar-refractivity contribution >= 4 is 5.97 Å². The molecule has 0 amide bonds. The third-order valence-electron chi connectivity index (χ3n) is 3.70. The van der Waals surface area contributed by atoms with E-state index < -0.39 is 12.0 Å². The van der Waals surface area contributed by atoms with Gasteiger partial charge in [-0.25, -0.2) is 0 Å². The monoisotopic (exact) mass is 329 g/mol. The fourth-order valence-corrected chi connectivity index (χ4v) is 2.22. The average molecular weight is 329 g/mol. The number of hydrogen-bond donors (Lipinski definition) is 2. The summed E-state index contributed by atoms with van der Waals surface area (Å²) in [4.78, 5) is 10.8. The standard InChI is InChI=1S/C19H23NO4/c1-14(19(21)22)20-13-16-8-9-17(18(12-16)23-2)24-11-10-15-6-4-3-5-7-15/h3-9,12,14,20H,10-11,13H2,1-2H3,(H,21,22). The van der Waals surface area contributed by atoms with E-state index in [0.29, 0.717) is 24.7 Å². The predicted molar refractivity (Wildman–Crippen MR) is 92.6 cm³/mol. The molecule has 2 rings (SSSR count). The lowest BCUT2D eigenvalue weighted by Crippen LogP contribution is -2.33. The molecule has 0 radical (unpaired) electrons. The number of benzene rings is 2. The van der Waals surface area contributed by atoms with E-state index in [4.69, 9.17) is 14.6 Å². The minimum Gasteiger partial charge on any atom is -0.493 e. The normalized spacial score (nSPS) is 11.8. The number of ether oxygens (including phenoxy) is 2. The van der Waals surface area contributed by atoms with Crippen molar-refractivity contribution in [2.75, 3.05) is 13.7 Å². The number of carboxylic acids is 1. The Morgan fingerprint density at radius 3 is 2.54 bits per heavy atom. The van der Waals surface area contributed by atoms with Crippen molar-refractivity contribution in [2.24, 2.45) is 0 Å². The van der Waals surface area contributed by atoms with Crippen LogP contribution in [0.1, 0.15) is 18.1 Å². The summed E-state index contributed by atoms with van der Waals surface area (Å²) in [5.41, 5.74) is 2.16. The van der Waals surface area contributed by atoms with Crippen molar-refractivity contribution in [1.29, 1.82) is 0 Å². The first-order valence-electron chi connectivity index (χ1n) is 7.90. The van der Waals surface area contributed by atoms with Crippen LogP contribution in [0.2, 0.25) is 0 Å². The minimum absolute atomic E-state index is 0.453. The molecule has 0 saturated carbocycles. The molecule has 5 heteroatoms. The van der Waals surface area contributed by atoms with E-state index in [9.17, 15) is 4.79 Å². The van der Waals surface area contributed by atoms with Crippen LogP contribution in [-0.2, 0) is 17.8 Å². The molecular formula is C19H23NO4. The van der Waals surface area contributed by atoms with Gasteiger partial charge in [0.1, 0.15) is 6.04 Å². The molecule has 2 aromatic carbocycles. The topological polar surface area (TPSA) is 67.8 Å². The average Bonchev–Trinajstić information content (AvgIpc) is 2.61. The SMILES string of the molecule is COc1cc(CNC(C)C(=O)O)ccc1OCCc1ccccc1. The summed E-state index contributed by atoms with van der Waals surface area (Å²) in [6.07, 6.45) is 0.823. The molecule has 0 spiro atoms. The van der Waals surface area contributed by atoms with Crippen LogP contribution < -0.4 is 14.8 Å². The van der Waals surface area contributed by atoms with Gasteiger partial charge in [-0.3, -0.25) is 4.79 Å². The van der Waals surface area contributed by atoms with Gasteiger partial charge in [-0.1, -0.05) is 36.4 Å². The lowest BCUT2D eigenvalue weighted by molar-refractivity contribution is -0.139. The highest BCUT2D eigenvalue weighted by molar-refractivity contribution is 5.72. The second-order valence-corrected chi connectivity index (χ2v) is 5.51. The van der Waals surface area contributed by atoms with Crippen LogP contribution in [0.25, 0.3) is 0 Å². The molecule has 0 aliphatic carbocycles. The summed E-state index contributed by atoms with van der Waals surface area (Å²) >= 11 is 0. The Kier molecular flexibility index (Phi) is 6.63. The lowest BCUT2D eigenvalue weighted by atomic mass is 10.1. The van der Waals surface area contributed by atoms with Gasteiger partial charge < -0.3 is 19.9 Å². The van der Waals surface area contributed by atoms with E-state index in [1.807, 2.05) is 36.4 Å². The summed E-state index contributed by atoms with van der Waals surface area (Å²) in [6, 6.07) is 15.2. The minimum atomic E-state index is -0.872. The van der Waals surface area contributed by atoms with E-state index in [1.165, 1.54) is 5.56 Å². The molecule has 0 saturated heterocycles. The summed E-state index contributed by atoms with van der Waals surface area (Å²) < 4.78 is 11.2. The van der Waals surface area contributed by atoms with Crippen molar-refractivity contribution in [3.05, 3.63) is 59.7 Å². The van der Waals surface area contributed by atoms with Crippen molar-refractivity contribution in [1.82, 2.24) is 5.32 Å². The number of hydrogen-bond acceptors (Lipinski definition) is 4. The van der Waals surface area contributed by atoms with Crippen LogP contribution in [0.15, 0.2) is 48.5 Å². The first kappa shape index (κ1) is 17.8. The molecule has 0 aromatic heterocycles. The quantitative estimate of drug-likeness (QED) is 0.740. The van der Waals surface area contributed by atoms with Gasteiger partial charge in [-0.2, -0.15) is 0 Å². The number of carboxylic acid groups (broad SMARTS) is 1. The van der Waals surface area contributed by atoms with Gasteiger partial charge in [0.05, 0.1) is 13.7 Å². The van der Waals surface area contributed by atoms with E-state index in [2.05, 4.69) is 17.4 Å². The molecule has 1 atom stereocenters. The Bertz CT molecular complexity index is 658. The predicted octanol–water partition coefficient (Wildman–Crippen LogP) is 2.88. The number of carbonyl (C=O) groups is 1. The second kappa shape index (κ2) is 8.93. The maximum Gasteiger partial charge on any atom is 0.320 e. The van der Waals surface area contributed by atoms with Crippen molar-refractivity contribution in [3.8, 4) is 11.5 Å². The first-order valence-corrected chi connectivity index (χ1v) is 7.90. The van der Waals surface area contributed by atoms with E-state index in [0.717, 1.165) is 12.0 Å². The fourth-order valence-electron chi connectivity index (χ4n) is 2.22. The van der Waals surface area contributed by atoms with Gasteiger partial charge in [0, 0.05) is 13.0 Å². The van der Waals surface area contributed by atoms with Gasteiger partial charge >= 0.3 is 5.97 Å². The van der Waals surface area contributed by atoms with Crippen molar-refractivity contribution in [3.63, 3.8) is 0 Å². The largest absolute Gasteiger partial charge is 0.493 e. The summed E-state index contributed by atoms with van der Waals surface area (Å²) in [5.74, 6) is 0.455. The smallest absolute Gasteiger partial charge is 0.320 e. The zero-order valence-electron chi connectivity index (χ0n) is 14.0. The Balaban J connectivity index is 1.92. The first-order chi connectivity index (χ1) is 11.6. The Morgan fingerprint density at radius 2 is 1.88 bits per heavy atom. The van der Waals surface area contributed by atoms with Crippen LogP contribution >= 0.6 is 0 Å². The fraction of sp³-hybridized carbons (Fsp3) is 0.316. The van der Waals surface area contributed by atoms with E-state index in [-0.39, 0.29) is 0 Å². The van der Waals surface area contributed by atoms with Crippen LogP contribution in [0.3, 0.4) is 0 Å².